The predicted molar refractivity (Wildman–Crippen MR) is 77.1 cm³/mol. The van der Waals surface area contributed by atoms with Crippen molar-refractivity contribution in [3.63, 3.8) is 0 Å². The predicted octanol–water partition coefficient (Wildman–Crippen LogP) is 3.97. The van der Waals surface area contributed by atoms with Crippen LogP contribution in [0.3, 0.4) is 0 Å². The van der Waals surface area contributed by atoms with E-state index in [2.05, 4.69) is 5.32 Å². The van der Waals surface area contributed by atoms with E-state index in [1.807, 2.05) is 0 Å². The van der Waals surface area contributed by atoms with Gasteiger partial charge < -0.3 is 11.1 Å². The number of rotatable bonds is 4. The van der Waals surface area contributed by atoms with Crippen LogP contribution in [-0.2, 0) is 0 Å². The Morgan fingerprint density at radius 2 is 1.90 bits per heavy atom. The normalized spacial score (nSPS) is 10.7. The highest BCUT2D eigenvalue weighted by atomic mass is 32.2. The summed E-state index contributed by atoms with van der Waals surface area (Å²) in [5, 5.41) is 2.51. The van der Waals surface area contributed by atoms with Gasteiger partial charge in [0.2, 0.25) is 0 Å². The Labute approximate surface area is 123 Å². The zero-order valence-electron chi connectivity index (χ0n) is 10.6. The van der Waals surface area contributed by atoms with Crippen LogP contribution >= 0.6 is 11.8 Å². The molecule has 0 aliphatic rings. The molecule has 0 fully saturated rings. The van der Waals surface area contributed by atoms with Gasteiger partial charge in [-0.1, -0.05) is 23.9 Å². The van der Waals surface area contributed by atoms with Gasteiger partial charge >= 0.3 is 0 Å². The number of carbonyl (C=O) groups excluding carboxylic acids is 1. The fourth-order valence-corrected chi connectivity index (χ4v) is 2.24. The van der Waals surface area contributed by atoms with E-state index < -0.39 is 17.5 Å². The van der Waals surface area contributed by atoms with Gasteiger partial charge in [-0.2, -0.15) is 8.78 Å². The van der Waals surface area contributed by atoms with Crippen molar-refractivity contribution >= 4 is 29.0 Å². The van der Waals surface area contributed by atoms with Crippen LogP contribution in [0, 0.1) is 5.82 Å². The van der Waals surface area contributed by atoms with Crippen molar-refractivity contribution in [3.05, 3.63) is 53.8 Å². The lowest BCUT2D eigenvalue weighted by atomic mass is 10.2. The Bertz CT molecular complexity index is 664. The van der Waals surface area contributed by atoms with Gasteiger partial charge in [0.15, 0.2) is 0 Å². The molecule has 0 radical (unpaired) electrons. The zero-order valence-corrected chi connectivity index (χ0v) is 11.5. The Balaban J connectivity index is 2.21. The molecule has 0 aliphatic carbocycles. The summed E-state index contributed by atoms with van der Waals surface area (Å²) in [5.41, 5.74) is 5.64. The fourth-order valence-electron chi connectivity index (χ4n) is 1.65. The molecule has 0 heterocycles. The minimum atomic E-state index is -2.59. The fraction of sp³-hybridized carbons (Fsp3) is 0.0714. The number of para-hydroxylation sites is 1. The molecular weight excluding hydrogens is 301 g/mol. The first kappa shape index (κ1) is 15.2. The van der Waals surface area contributed by atoms with Gasteiger partial charge in [-0.05, 0) is 30.3 Å². The quantitative estimate of drug-likeness (QED) is 0.663. The molecule has 0 bridgehead atoms. The molecule has 7 heteroatoms. The van der Waals surface area contributed by atoms with Crippen LogP contribution < -0.4 is 11.1 Å². The lowest BCUT2D eigenvalue weighted by Crippen LogP contribution is -2.13. The monoisotopic (exact) mass is 312 g/mol. The lowest BCUT2D eigenvalue weighted by molar-refractivity contribution is 0.102. The van der Waals surface area contributed by atoms with Gasteiger partial charge in [0.05, 0.1) is 11.4 Å². The van der Waals surface area contributed by atoms with Gasteiger partial charge in [-0.25, -0.2) is 4.39 Å². The summed E-state index contributed by atoms with van der Waals surface area (Å²) in [7, 11) is 0. The first-order valence-corrected chi connectivity index (χ1v) is 6.75. The van der Waals surface area contributed by atoms with Crippen molar-refractivity contribution in [3.8, 4) is 0 Å². The summed E-state index contributed by atoms with van der Waals surface area (Å²) in [4.78, 5) is 12.3. The number of hydrogen-bond donors (Lipinski definition) is 2. The highest BCUT2D eigenvalue weighted by Gasteiger charge is 2.13. The molecular formula is C14H11F3N2OS. The summed E-state index contributed by atoms with van der Waals surface area (Å²) in [6, 6.07) is 9.73. The van der Waals surface area contributed by atoms with E-state index in [0.29, 0.717) is 11.8 Å². The molecule has 0 atom stereocenters. The summed E-state index contributed by atoms with van der Waals surface area (Å²) < 4.78 is 38.0. The average molecular weight is 312 g/mol. The molecule has 2 rings (SSSR count). The number of amides is 1. The van der Waals surface area contributed by atoms with Gasteiger partial charge in [0.1, 0.15) is 5.82 Å². The average Bonchev–Trinajstić information content (AvgIpc) is 2.43. The van der Waals surface area contributed by atoms with E-state index in [0.717, 1.165) is 6.07 Å². The number of halogens is 3. The summed E-state index contributed by atoms with van der Waals surface area (Å²) in [6.07, 6.45) is 0. The maximum Gasteiger partial charge on any atom is 0.288 e. The van der Waals surface area contributed by atoms with E-state index in [1.54, 1.807) is 12.1 Å². The minimum Gasteiger partial charge on any atom is -0.396 e. The Morgan fingerprint density at radius 1 is 1.19 bits per heavy atom. The first-order chi connectivity index (χ1) is 9.97. The number of thioether (sulfide) groups is 1. The third-order valence-electron chi connectivity index (χ3n) is 2.61. The molecule has 0 saturated carbocycles. The molecule has 3 nitrogen and oxygen atoms in total. The van der Waals surface area contributed by atoms with Crippen LogP contribution in [0.5, 0.6) is 0 Å². The van der Waals surface area contributed by atoms with Crippen LogP contribution in [0.2, 0.25) is 0 Å². The molecule has 0 aromatic heterocycles. The maximum atomic E-state index is 13.1. The molecule has 0 spiro atoms. The standard InChI is InChI=1S/C14H11F3N2OS/c15-9-6-5-8(7-10(9)18)13(20)19-11-3-1-2-4-12(11)21-14(16)17/h1-7,14H,18H2,(H,19,20). The van der Waals surface area contributed by atoms with E-state index >= 15 is 0 Å². The van der Waals surface area contributed by atoms with Crippen molar-refractivity contribution in [1.82, 2.24) is 0 Å². The zero-order chi connectivity index (χ0) is 15.4. The largest absolute Gasteiger partial charge is 0.396 e. The summed E-state index contributed by atoms with van der Waals surface area (Å²) in [6.45, 7) is 0. The van der Waals surface area contributed by atoms with Gasteiger partial charge in [0, 0.05) is 10.5 Å². The van der Waals surface area contributed by atoms with Gasteiger partial charge in [-0.3, -0.25) is 4.79 Å². The second kappa shape index (κ2) is 6.53. The Kier molecular flexibility index (Phi) is 4.74. The van der Waals surface area contributed by atoms with Crippen LogP contribution in [0.4, 0.5) is 24.5 Å². The number of nitrogens with one attached hydrogen (secondary N) is 1. The van der Waals surface area contributed by atoms with Crippen LogP contribution in [0.1, 0.15) is 10.4 Å². The highest BCUT2D eigenvalue weighted by Crippen LogP contribution is 2.31. The molecule has 21 heavy (non-hydrogen) atoms. The Morgan fingerprint density at radius 3 is 2.57 bits per heavy atom. The summed E-state index contributed by atoms with van der Waals surface area (Å²) >= 11 is 0.335. The highest BCUT2D eigenvalue weighted by molar-refractivity contribution is 7.99. The number of nitrogens with two attached hydrogens (primary N) is 1. The lowest BCUT2D eigenvalue weighted by Gasteiger charge is -2.10. The minimum absolute atomic E-state index is 0.144. The van der Waals surface area contributed by atoms with Crippen molar-refractivity contribution in [2.45, 2.75) is 10.7 Å². The molecule has 2 aromatic rings. The maximum absolute atomic E-state index is 13.1. The number of benzene rings is 2. The smallest absolute Gasteiger partial charge is 0.288 e. The van der Waals surface area contributed by atoms with Crippen LogP contribution in [-0.4, -0.2) is 11.7 Å². The number of nitrogen functional groups attached to an aromatic ring is 1. The van der Waals surface area contributed by atoms with Crippen LogP contribution in [0.25, 0.3) is 0 Å². The SMILES string of the molecule is Nc1cc(C(=O)Nc2ccccc2SC(F)F)ccc1F. The first-order valence-electron chi connectivity index (χ1n) is 5.87. The molecule has 0 aliphatic heterocycles. The third-order valence-corrected chi connectivity index (χ3v) is 3.40. The van der Waals surface area contributed by atoms with E-state index in [1.165, 1.54) is 24.3 Å². The van der Waals surface area contributed by atoms with Gasteiger partial charge in [0.25, 0.3) is 11.7 Å². The molecule has 3 N–H and O–H groups in total. The number of hydrogen-bond acceptors (Lipinski definition) is 3. The molecule has 2 aromatic carbocycles. The summed E-state index contributed by atoms with van der Waals surface area (Å²) in [5.74, 6) is -3.77. The molecule has 110 valence electrons. The Hall–Kier alpha value is -2.15. The van der Waals surface area contributed by atoms with Crippen molar-refractivity contribution in [2.75, 3.05) is 11.1 Å². The molecule has 0 saturated heterocycles. The molecule has 1 amide bonds. The van der Waals surface area contributed by atoms with Crippen molar-refractivity contribution in [1.29, 1.82) is 0 Å². The number of anilines is 2. The van der Waals surface area contributed by atoms with Gasteiger partial charge in [-0.15, -0.1) is 0 Å². The third kappa shape index (κ3) is 3.91. The second-order valence-electron chi connectivity index (χ2n) is 4.07. The number of carbonyl (C=O) groups is 1. The van der Waals surface area contributed by atoms with E-state index in [-0.39, 0.29) is 21.8 Å². The van der Waals surface area contributed by atoms with Crippen LogP contribution in [0.15, 0.2) is 47.4 Å². The second-order valence-corrected chi connectivity index (χ2v) is 5.10. The number of alkyl halides is 2. The van der Waals surface area contributed by atoms with Crippen molar-refractivity contribution < 1.29 is 18.0 Å². The van der Waals surface area contributed by atoms with Crippen molar-refractivity contribution in [2.24, 2.45) is 0 Å². The topological polar surface area (TPSA) is 55.1 Å². The van der Waals surface area contributed by atoms with E-state index in [4.69, 9.17) is 5.73 Å². The van der Waals surface area contributed by atoms with E-state index in [9.17, 15) is 18.0 Å². The molecule has 0 unspecified atom stereocenters.